The molecule has 37 heavy (non-hydrogen) atoms. The first-order valence-corrected chi connectivity index (χ1v) is 12.4. The molecule has 1 heterocycles. The van der Waals surface area contributed by atoms with Crippen LogP contribution < -0.4 is 14.5 Å². The van der Waals surface area contributed by atoms with Crippen molar-refractivity contribution < 1.29 is 19.4 Å². The SMILES string of the molecule is CCOc1ccc(/C(O)=C2/C(=O)C(=O)N(c3ccc(N(C)C)cc3)C2c2ccc(C(C)(C)C)cc2)cc1. The van der Waals surface area contributed by atoms with E-state index in [0.29, 0.717) is 23.6 Å². The van der Waals surface area contributed by atoms with Crippen LogP contribution in [0.2, 0.25) is 0 Å². The van der Waals surface area contributed by atoms with Gasteiger partial charge in [-0.2, -0.15) is 0 Å². The highest BCUT2D eigenvalue weighted by molar-refractivity contribution is 6.51. The number of ether oxygens (including phenoxy) is 1. The summed E-state index contributed by atoms with van der Waals surface area (Å²) in [7, 11) is 3.88. The normalized spacial score (nSPS) is 17.2. The summed E-state index contributed by atoms with van der Waals surface area (Å²) in [5.41, 5.74) is 3.90. The van der Waals surface area contributed by atoms with Crippen molar-refractivity contribution >= 4 is 28.8 Å². The molecule has 1 fully saturated rings. The summed E-state index contributed by atoms with van der Waals surface area (Å²) in [6, 6.07) is 21.5. The Hall–Kier alpha value is -4.06. The maximum atomic E-state index is 13.4. The van der Waals surface area contributed by atoms with Gasteiger partial charge in [-0.05, 0) is 72.0 Å². The fourth-order valence-electron chi connectivity index (χ4n) is 4.52. The zero-order valence-electron chi connectivity index (χ0n) is 22.3. The predicted octanol–water partition coefficient (Wildman–Crippen LogP) is 6.08. The Kier molecular flexibility index (Phi) is 7.12. The largest absolute Gasteiger partial charge is 0.507 e. The lowest BCUT2D eigenvalue weighted by Crippen LogP contribution is -2.29. The molecule has 4 rings (SSSR count). The van der Waals surface area contributed by atoms with Gasteiger partial charge in [-0.15, -0.1) is 0 Å². The van der Waals surface area contributed by atoms with E-state index in [1.807, 2.05) is 74.4 Å². The molecule has 3 aromatic carbocycles. The van der Waals surface area contributed by atoms with Gasteiger partial charge in [0.1, 0.15) is 11.5 Å². The summed E-state index contributed by atoms with van der Waals surface area (Å²) in [4.78, 5) is 30.3. The maximum absolute atomic E-state index is 13.4. The number of hydrogen-bond acceptors (Lipinski definition) is 5. The molecule has 6 nitrogen and oxygen atoms in total. The average molecular weight is 499 g/mol. The molecule has 1 atom stereocenters. The lowest BCUT2D eigenvalue weighted by Gasteiger charge is -2.27. The van der Waals surface area contributed by atoms with Crippen molar-refractivity contribution in [3.8, 4) is 5.75 Å². The zero-order chi connectivity index (χ0) is 26.9. The second-order valence-corrected chi connectivity index (χ2v) is 10.4. The van der Waals surface area contributed by atoms with Crippen LogP contribution in [-0.4, -0.2) is 37.5 Å². The monoisotopic (exact) mass is 498 g/mol. The summed E-state index contributed by atoms with van der Waals surface area (Å²) in [6.07, 6.45) is 0. The number of anilines is 2. The van der Waals surface area contributed by atoms with E-state index in [2.05, 4.69) is 20.8 Å². The van der Waals surface area contributed by atoms with Crippen molar-refractivity contribution in [3.05, 3.63) is 95.1 Å². The number of nitrogens with zero attached hydrogens (tertiary/aromatic N) is 2. The number of Topliss-reactive ketones (excluding diaryl/α,β-unsaturated/α-hetero) is 1. The fourth-order valence-corrected chi connectivity index (χ4v) is 4.52. The van der Waals surface area contributed by atoms with E-state index < -0.39 is 17.7 Å². The van der Waals surface area contributed by atoms with Gasteiger partial charge in [-0.1, -0.05) is 45.0 Å². The van der Waals surface area contributed by atoms with E-state index in [9.17, 15) is 14.7 Å². The van der Waals surface area contributed by atoms with Crippen LogP contribution in [-0.2, 0) is 15.0 Å². The number of aliphatic hydroxyl groups excluding tert-OH is 1. The van der Waals surface area contributed by atoms with Crippen molar-refractivity contribution in [2.75, 3.05) is 30.5 Å². The molecule has 0 radical (unpaired) electrons. The van der Waals surface area contributed by atoms with Gasteiger partial charge in [0.25, 0.3) is 11.7 Å². The molecule has 6 heteroatoms. The molecule has 0 aliphatic carbocycles. The van der Waals surface area contributed by atoms with E-state index in [-0.39, 0.29) is 16.7 Å². The number of ketones is 1. The minimum absolute atomic E-state index is 0.0509. The lowest BCUT2D eigenvalue weighted by molar-refractivity contribution is -0.132. The summed E-state index contributed by atoms with van der Waals surface area (Å²) in [6.45, 7) is 8.81. The number of hydrogen-bond donors (Lipinski definition) is 1. The van der Waals surface area contributed by atoms with Crippen LogP contribution >= 0.6 is 0 Å². The van der Waals surface area contributed by atoms with Crippen LogP contribution in [0.25, 0.3) is 5.76 Å². The van der Waals surface area contributed by atoms with Crippen molar-refractivity contribution in [1.82, 2.24) is 0 Å². The van der Waals surface area contributed by atoms with Crippen LogP contribution in [0.15, 0.2) is 78.4 Å². The smallest absolute Gasteiger partial charge is 0.300 e. The number of amides is 1. The summed E-state index contributed by atoms with van der Waals surface area (Å²) >= 11 is 0. The summed E-state index contributed by atoms with van der Waals surface area (Å²) < 4.78 is 5.50. The van der Waals surface area contributed by atoms with Crippen LogP contribution in [0, 0.1) is 0 Å². The van der Waals surface area contributed by atoms with E-state index in [4.69, 9.17) is 4.74 Å². The highest BCUT2D eigenvalue weighted by Crippen LogP contribution is 2.43. The summed E-state index contributed by atoms with van der Waals surface area (Å²) in [5.74, 6) is -0.934. The molecule has 1 aliphatic heterocycles. The van der Waals surface area contributed by atoms with Gasteiger partial charge in [0, 0.05) is 31.0 Å². The minimum Gasteiger partial charge on any atom is -0.507 e. The molecular formula is C31H34N2O4. The molecule has 0 spiro atoms. The fraction of sp³-hybridized carbons (Fsp3) is 0.290. The van der Waals surface area contributed by atoms with E-state index in [0.717, 1.165) is 16.8 Å². The molecular weight excluding hydrogens is 464 g/mol. The molecule has 192 valence electrons. The van der Waals surface area contributed by atoms with Gasteiger partial charge in [0.15, 0.2) is 0 Å². The second kappa shape index (κ2) is 10.1. The van der Waals surface area contributed by atoms with Gasteiger partial charge in [0.05, 0.1) is 18.2 Å². The van der Waals surface area contributed by atoms with Crippen molar-refractivity contribution in [1.29, 1.82) is 0 Å². The minimum atomic E-state index is -0.772. The zero-order valence-corrected chi connectivity index (χ0v) is 22.3. The highest BCUT2D eigenvalue weighted by atomic mass is 16.5. The Morgan fingerprint density at radius 3 is 2.03 bits per heavy atom. The maximum Gasteiger partial charge on any atom is 0.300 e. The van der Waals surface area contributed by atoms with Gasteiger partial charge < -0.3 is 14.7 Å². The first-order chi connectivity index (χ1) is 17.5. The second-order valence-electron chi connectivity index (χ2n) is 10.4. The Labute approximate surface area is 218 Å². The predicted molar refractivity (Wildman–Crippen MR) is 148 cm³/mol. The van der Waals surface area contributed by atoms with Gasteiger partial charge in [-0.3, -0.25) is 14.5 Å². The van der Waals surface area contributed by atoms with Gasteiger partial charge in [-0.25, -0.2) is 0 Å². The summed E-state index contributed by atoms with van der Waals surface area (Å²) in [5, 5.41) is 11.4. The molecule has 1 saturated heterocycles. The Morgan fingerprint density at radius 1 is 0.919 bits per heavy atom. The highest BCUT2D eigenvalue weighted by Gasteiger charge is 2.47. The number of carbonyl (C=O) groups excluding carboxylic acids is 2. The standard InChI is InChI=1S/C31H34N2O4/c1-7-37-25-18-10-21(11-19-25)28(34)26-27(20-8-12-22(13-9-20)31(2,3)4)33(30(36)29(26)35)24-16-14-23(15-17-24)32(5)6/h8-19,27,34H,7H2,1-6H3/b28-26-. The van der Waals surface area contributed by atoms with Crippen LogP contribution in [0.1, 0.15) is 50.4 Å². The van der Waals surface area contributed by atoms with E-state index in [1.165, 1.54) is 4.90 Å². The molecule has 0 saturated carbocycles. The third kappa shape index (κ3) is 5.10. The lowest BCUT2D eigenvalue weighted by atomic mass is 9.85. The van der Waals surface area contributed by atoms with Crippen molar-refractivity contribution in [2.24, 2.45) is 0 Å². The van der Waals surface area contributed by atoms with Crippen LogP contribution in [0.3, 0.4) is 0 Å². The van der Waals surface area contributed by atoms with E-state index in [1.54, 1.807) is 24.3 Å². The third-order valence-electron chi connectivity index (χ3n) is 6.62. The quantitative estimate of drug-likeness (QED) is 0.254. The number of rotatable bonds is 6. The number of aliphatic hydroxyl groups is 1. The van der Waals surface area contributed by atoms with Crippen molar-refractivity contribution in [2.45, 2.75) is 39.2 Å². The Bertz CT molecular complexity index is 1320. The first-order valence-electron chi connectivity index (χ1n) is 12.4. The van der Waals surface area contributed by atoms with Gasteiger partial charge in [0.2, 0.25) is 0 Å². The number of benzene rings is 3. The van der Waals surface area contributed by atoms with Crippen LogP contribution in [0.4, 0.5) is 11.4 Å². The number of carbonyl (C=O) groups is 2. The molecule has 0 bridgehead atoms. The molecule has 1 N–H and O–H groups in total. The molecule has 0 aromatic heterocycles. The van der Waals surface area contributed by atoms with Crippen molar-refractivity contribution in [3.63, 3.8) is 0 Å². The Balaban J connectivity index is 1.87. The van der Waals surface area contributed by atoms with Gasteiger partial charge >= 0.3 is 0 Å². The van der Waals surface area contributed by atoms with E-state index >= 15 is 0 Å². The molecule has 1 amide bonds. The topological polar surface area (TPSA) is 70.1 Å². The Morgan fingerprint density at radius 2 is 1.51 bits per heavy atom. The molecule has 1 aliphatic rings. The average Bonchev–Trinajstić information content (AvgIpc) is 3.14. The first kappa shape index (κ1) is 26.0. The van der Waals surface area contributed by atoms with Crippen LogP contribution in [0.5, 0.6) is 5.75 Å². The third-order valence-corrected chi connectivity index (χ3v) is 6.62. The molecule has 1 unspecified atom stereocenters. The molecule has 3 aromatic rings.